The Kier molecular flexibility index (Phi) is 5.97. The maximum atomic E-state index is 12.8. The van der Waals surface area contributed by atoms with Gasteiger partial charge in [0, 0.05) is 17.8 Å². The molecule has 32 heavy (non-hydrogen) atoms. The third kappa shape index (κ3) is 4.56. The third-order valence-electron chi connectivity index (χ3n) is 7.26. The number of benzene rings is 1. The van der Waals surface area contributed by atoms with E-state index < -0.39 is 0 Å². The first-order valence-electron chi connectivity index (χ1n) is 11.7. The number of hydrogen-bond acceptors (Lipinski definition) is 5. The second kappa shape index (κ2) is 8.89. The molecule has 7 nitrogen and oxygen atoms in total. The van der Waals surface area contributed by atoms with Crippen molar-refractivity contribution in [2.24, 2.45) is 17.8 Å². The summed E-state index contributed by atoms with van der Waals surface area (Å²) in [5.74, 6) is 3.33. The highest BCUT2D eigenvalue weighted by atomic mass is 32.2. The quantitative estimate of drug-likeness (QED) is 0.596. The molecule has 2 N–H and O–H groups in total. The van der Waals surface area contributed by atoms with E-state index >= 15 is 0 Å². The molecule has 0 aliphatic heterocycles. The fourth-order valence-electron chi connectivity index (χ4n) is 6.47. The van der Waals surface area contributed by atoms with Crippen molar-refractivity contribution in [3.8, 4) is 0 Å². The van der Waals surface area contributed by atoms with E-state index in [9.17, 15) is 9.59 Å². The zero-order chi connectivity index (χ0) is 22.1. The Bertz CT molecular complexity index is 954. The number of amides is 2. The maximum absolute atomic E-state index is 12.8. The average Bonchev–Trinajstić information content (AvgIpc) is 3.12. The molecule has 170 valence electrons. The van der Waals surface area contributed by atoms with E-state index in [1.165, 1.54) is 31.0 Å². The summed E-state index contributed by atoms with van der Waals surface area (Å²) < 4.78 is 1.92. The van der Waals surface area contributed by atoms with Crippen molar-refractivity contribution < 1.29 is 9.59 Å². The van der Waals surface area contributed by atoms with Gasteiger partial charge in [-0.05, 0) is 75.3 Å². The van der Waals surface area contributed by atoms with Crippen LogP contribution in [0.15, 0.2) is 35.5 Å². The number of nitrogens with zero attached hydrogens (tertiary/aromatic N) is 3. The van der Waals surface area contributed by atoms with Crippen molar-refractivity contribution in [1.82, 2.24) is 20.1 Å². The van der Waals surface area contributed by atoms with Crippen LogP contribution < -0.4 is 10.6 Å². The highest BCUT2D eigenvalue weighted by molar-refractivity contribution is 7.99. The summed E-state index contributed by atoms with van der Waals surface area (Å²) >= 11 is 1.41. The van der Waals surface area contributed by atoms with Crippen LogP contribution >= 0.6 is 11.8 Å². The normalized spacial score (nSPS) is 28.0. The van der Waals surface area contributed by atoms with Gasteiger partial charge in [0.15, 0.2) is 5.16 Å². The number of rotatable bonds is 8. The minimum absolute atomic E-state index is 0.0332. The van der Waals surface area contributed by atoms with Gasteiger partial charge in [0.1, 0.15) is 5.82 Å². The summed E-state index contributed by atoms with van der Waals surface area (Å²) in [4.78, 5) is 25.2. The highest BCUT2D eigenvalue weighted by Gasteiger charge is 2.51. The molecular formula is C24H31N5O2S. The van der Waals surface area contributed by atoms with Gasteiger partial charge in [-0.3, -0.25) is 9.59 Å². The van der Waals surface area contributed by atoms with Crippen LogP contribution in [0.2, 0.25) is 0 Å². The van der Waals surface area contributed by atoms with Crippen molar-refractivity contribution >= 4 is 29.3 Å². The van der Waals surface area contributed by atoms with Crippen LogP contribution in [0.4, 0.5) is 5.69 Å². The van der Waals surface area contributed by atoms with E-state index in [4.69, 9.17) is 0 Å². The van der Waals surface area contributed by atoms with E-state index in [2.05, 4.69) is 20.8 Å². The molecule has 1 aromatic heterocycles. The lowest BCUT2D eigenvalue weighted by molar-refractivity contribution is -0.124. The first-order chi connectivity index (χ1) is 15.5. The van der Waals surface area contributed by atoms with Crippen molar-refractivity contribution in [2.75, 3.05) is 11.1 Å². The van der Waals surface area contributed by atoms with Crippen LogP contribution in [0.1, 0.15) is 51.3 Å². The number of nitrogens with one attached hydrogen (secondary N) is 2. The lowest BCUT2D eigenvalue weighted by Crippen LogP contribution is -2.60. The second-order valence-electron chi connectivity index (χ2n) is 9.77. The van der Waals surface area contributed by atoms with E-state index in [-0.39, 0.29) is 23.8 Å². The van der Waals surface area contributed by atoms with E-state index in [1.807, 2.05) is 41.8 Å². The summed E-state index contributed by atoms with van der Waals surface area (Å²) in [6, 6.07) is 9.38. The zero-order valence-electron chi connectivity index (χ0n) is 18.5. The smallest absolute Gasteiger partial charge is 0.232 e. The van der Waals surface area contributed by atoms with Gasteiger partial charge in [-0.15, -0.1) is 10.2 Å². The first kappa shape index (κ1) is 21.5. The molecule has 4 aliphatic rings. The predicted molar refractivity (Wildman–Crippen MR) is 124 cm³/mol. The number of hydrogen-bond donors (Lipinski definition) is 2. The Morgan fingerprint density at radius 2 is 1.69 bits per heavy atom. The Labute approximate surface area is 193 Å². The molecule has 8 heteroatoms. The summed E-state index contributed by atoms with van der Waals surface area (Å²) in [5, 5.41) is 15.5. The Hall–Kier alpha value is -2.35. The predicted octanol–water partition coefficient (Wildman–Crippen LogP) is 3.66. The molecule has 0 radical (unpaired) electrons. The van der Waals surface area contributed by atoms with Crippen LogP contribution in [-0.2, 0) is 22.6 Å². The molecule has 4 fully saturated rings. The lowest BCUT2D eigenvalue weighted by Gasteiger charge is -2.56. The van der Waals surface area contributed by atoms with E-state index in [1.54, 1.807) is 0 Å². The number of carbonyl (C=O) groups is 2. The molecular weight excluding hydrogens is 422 g/mol. The second-order valence-corrected chi connectivity index (χ2v) is 10.7. The van der Waals surface area contributed by atoms with Crippen molar-refractivity contribution in [3.05, 3.63) is 36.2 Å². The van der Waals surface area contributed by atoms with E-state index in [0.717, 1.165) is 42.7 Å². The number of aromatic nitrogens is 3. The van der Waals surface area contributed by atoms with Gasteiger partial charge in [0.25, 0.3) is 0 Å². The number of thioether (sulfide) groups is 1. The Morgan fingerprint density at radius 3 is 2.31 bits per heavy atom. The monoisotopic (exact) mass is 453 g/mol. The van der Waals surface area contributed by atoms with Crippen LogP contribution in [-0.4, -0.2) is 37.9 Å². The van der Waals surface area contributed by atoms with Crippen molar-refractivity contribution in [3.63, 3.8) is 0 Å². The largest absolute Gasteiger partial charge is 0.350 e. The minimum atomic E-state index is -0.130. The van der Waals surface area contributed by atoms with Gasteiger partial charge < -0.3 is 15.2 Å². The summed E-state index contributed by atoms with van der Waals surface area (Å²) in [6.45, 7) is 2.65. The average molecular weight is 454 g/mol. The van der Waals surface area contributed by atoms with Crippen LogP contribution in [0, 0.1) is 17.8 Å². The molecule has 1 aromatic carbocycles. The molecule has 4 aliphatic carbocycles. The molecule has 4 saturated carbocycles. The maximum Gasteiger partial charge on any atom is 0.232 e. The standard InChI is InChI=1S/C24H31N5O2S/c1-2-29-20(11-21(30)25-19-6-4-3-5-7-19)27-28-23(29)32-15-22(31)26-24-12-16-8-17(13-24)10-18(9-16)14-24/h3-7,16-18H,2,8-15H2,1H3,(H,25,30)(H,26,31). The summed E-state index contributed by atoms with van der Waals surface area (Å²) in [5.41, 5.74) is 0.793. The molecule has 0 unspecified atom stereocenters. The number of anilines is 1. The van der Waals surface area contributed by atoms with Crippen LogP contribution in [0.5, 0.6) is 0 Å². The first-order valence-corrected chi connectivity index (χ1v) is 12.7. The van der Waals surface area contributed by atoms with Gasteiger partial charge in [-0.2, -0.15) is 0 Å². The molecule has 0 spiro atoms. The van der Waals surface area contributed by atoms with Gasteiger partial charge in [0.2, 0.25) is 11.8 Å². The Morgan fingerprint density at radius 1 is 1.03 bits per heavy atom. The summed E-state index contributed by atoms with van der Waals surface area (Å²) in [6.07, 6.45) is 7.71. The minimum Gasteiger partial charge on any atom is -0.350 e. The van der Waals surface area contributed by atoms with Crippen molar-refractivity contribution in [1.29, 1.82) is 0 Å². The molecule has 4 bridgehead atoms. The number of carbonyl (C=O) groups excluding carboxylic acids is 2. The van der Waals surface area contributed by atoms with Gasteiger partial charge in [-0.1, -0.05) is 30.0 Å². The topological polar surface area (TPSA) is 88.9 Å². The fourth-order valence-corrected chi connectivity index (χ4v) is 7.29. The summed E-state index contributed by atoms with van der Waals surface area (Å²) in [7, 11) is 0. The van der Waals surface area contributed by atoms with Crippen LogP contribution in [0.25, 0.3) is 0 Å². The molecule has 0 atom stereocenters. The fraction of sp³-hybridized carbons (Fsp3) is 0.583. The molecule has 6 rings (SSSR count). The number of para-hydroxylation sites is 1. The highest BCUT2D eigenvalue weighted by Crippen LogP contribution is 2.55. The van der Waals surface area contributed by atoms with Gasteiger partial charge >= 0.3 is 0 Å². The molecule has 1 heterocycles. The molecule has 2 aromatic rings. The Balaban J connectivity index is 1.17. The van der Waals surface area contributed by atoms with E-state index in [0.29, 0.717) is 23.3 Å². The van der Waals surface area contributed by atoms with Gasteiger partial charge in [0.05, 0.1) is 12.2 Å². The van der Waals surface area contributed by atoms with Gasteiger partial charge in [-0.25, -0.2) is 0 Å². The molecule has 0 saturated heterocycles. The van der Waals surface area contributed by atoms with Crippen molar-refractivity contribution in [2.45, 2.75) is 69.1 Å². The lowest BCUT2D eigenvalue weighted by atomic mass is 9.53. The van der Waals surface area contributed by atoms with Crippen LogP contribution in [0.3, 0.4) is 0 Å². The SMILES string of the molecule is CCn1c(CC(=O)Nc2ccccc2)nnc1SCC(=O)NC12CC3CC(CC(C3)C1)C2. The zero-order valence-corrected chi connectivity index (χ0v) is 19.4. The molecule has 2 amide bonds. The third-order valence-corrected chi connectivity index (χ3v) is 8.23.